The molecule has 2 amide bonds. The Labute approximate surface area is 162 Å². The Bertz CT molecular complexity index is 684. The first-order valence-corrected chi connectivity index (χ1v) is 9.96. The van der Waals surface area contributed by atoms with Crippen molar-refractivity contribution in [2.24, 2.45) is 5.92 Å². The summed E-state index contributed by atoms with van der Waals surface area (Å²) >= 11 is 0. The van der Waals surface area contributed by atoms with Gasteiger partial charge in [-0.05, 0) is 47.0 Å². The Morgan fingerprint density at radius 2 is 2.11 bits per heavy atom. The third-order valence-electron chi connectivity index (χ3n) is 6.05. The molecule has 2 atom stereocenters. The second-order valence-corrected chi connectivity index (χ2v) is 8.92. The summed E-state index contributed by atoms with van der Waals surface area (Å²) in [4.78, 5) is 29.5. The Morgan fingerprint density at radius 1 is 1.41 bits per heavy atom. The van der Waals surface area contributed by atoms with Crippen molar-refractivity contribution in [3.05, 3.63) is 37.0 Å². The fraction of sp³-hybridized carbons (Fsp3) is 0.636. The van der Waals surface area contributed by atoms with Crippen LogP contribution in [0.5, 0.6) is 0 Å². The van der Waals surface area contributed by atoms with Crippen LogP contribution in [0.1, 0.15) is 53.4 Å². The van der Waals surface area contributed by atoms with Crippen molar-refractivity contribution in [1.82, 2.24) is 9.80 Å². The lowest BCUT2D eigenvalue weighted by molar-refractivity contribution is -0.130. The molecule has 27 heavy (non-hydrogen) atoms. The van der Waals surface area contributed by atoms with Gasteiger partial charge in [0.25, 0.3) is 0 Å². The van der Waals surface area contributed by atoms with Gasteiger partial charge in [-0.1, -0.05) is 30.4 Å². The van der Waals surface area contributed by atoms with Gasteiger partial charge in [0.2, 0.25) is 5.91 Å². The predicted octanol–water partition coefficient (Wildman–Crippen LogP) is 4.07. The number of nitrogens with zero attached hydrogens (tertiary/aromatic N) is 2. The molecule has 1 aliphatic heterocycles. The highest BCUT2D eigenvalue weighted by atomic mass is 16.6. The van der Waals surface area contributed by atoms with E-state index in [-0.39, 0.29) is 23.5 Å². The van der Waals surface area contributed by atoms with Crippen LogP contribution in [0.15, 0.2) is 37.0 Å². The minimum atomic E-state index is -0.524. The molecule has 3 aliphatic rings. The average molecular weight is 373 g/mol. The number of hydrogen-bond acceptors (Lipinski definition) is 3. The molecule has 0 aromatic rings. The molecule has 3 rings (SSSR count). The van der Waals surface area contributed by atoms with E-state index in [2.05, 4.69) is 18.7 Å². The van der Waals surface area contributed by atoms with Crippen LogP contribution in [0.2, 0.25) is 0 Å². The van der Waals surface area contributed by atoms with Gasteiger partial charge in [0, 0.05) is 25.4 Å². The molecule has 0 unspecified atom stereocenters. The van der Waals surface area contributed by atoms with Crippen LogP contribution in [0, 0.1) is 5.92 Å². The van der Waals surface area contributed by atoms with Gasteiger partial charge in [0.15, 0.2) is 0 Å². The number of hydrogen-bond donors (Lipinski definition) is 0. The van der Waals surface area contributed by atoms with E-state index in [9.17, 15) is 9.59 Å². The molecule has 0 spiro atoms. The van der Waals surface area contributed by atoms with Crippen molar-refractivity contribution >= 4 is 12.0 Å². The molecule has 2 fully saturated rings. The number of carbonyl (C=O) groups is 2. The minimum absolute atomic E-state index is 0.133. The van der Waals surface area contributed by atoms with E-state index in [4.69, 9.17) is 4.74 Å². The number of ether oxygens (including phenoxy) is 1. The molecule has 2 aliphatic carbocycles. The van der Waals surface area contributed by atoms with E-state index in [1.54, 1.807) is 0 Å². The summed E-state index contributed by atoms with van der Waals surface area (Å²) in [5, 5.41) is 0. The van der Waals surface area contributed by atoms with Crippen LogP contribution >= 0.6 is 0 Å². The molecule has 0 N–H and O–H groups in total. The monoisotopic (exact) mass is 372 g/mol. The Balaban J connectivity index is 1.79. The van der Waals surface area contributed by atoms with Crippen LogP contribution in [0.3, 0.4) is 0 Å². The Morgan fingerprint density at radius 3 is 2.59 bits per heavy atom. The fourth-order valence-corrected chi connectivity index (χ4v) is 4.53. The number of likely N-dealkylation sites (tertiary alicyclic amines) is 1. The van der Waals surface area contributed by atoms with Gasteiger partial charge in [-0.3, -0.25) is 4.79 Å². The molecule has 5 heteroatoms. The highest BCUT2D eigenvalue weighted by Crippen LogP contribution is 2.52. The number of amides is 2. The summed E-state index contributed by atoms with van der Waals surface area (Å²) in [6.45, 7) is 12.9. The second kappa shape index (κ2) is 6.84. The molecule has 0 bridgehead atoms. The van der Waals surface area contributed by atoms with Crippen LogP contribution < -0.4 is 0 Å². The molecule has 5 nitrogen and oxygen atoms in total. The van der Waals surface area contributed by atoms with Gasteiger partial charge < -0.3 is 14.5 Å². The van der Waals surface area contributed by atoms with E-state index in [0.717, 1.165) is 19.3 Å². The lowest BCUT2D eigenvalue weighted by Crippen LogP contribution is -2.51. The summed E-state index contributed by atoms with van der Waals surface area (Å²) < 4.78 is 5.64. The second-order valence-electron chi connectivity index (χ2n) is 8.92. The minimum Gasteiger partial charge on any atom is -0.444 e. The molecule has 1 saturated heterocycles. The first-order chi connectivity index (χ1) is 12.7. The number of allylic oxidation sites excluding steroid dienone is 2. The lowest BCUT2D eigenvalue weighted by atomic mass is 9.89. The van der Waals surface area contributed by atoms with Gasteiger partial charge in [0.1, 0.15) is 5.60 Å². The average Bonchev–Trinajstić information content (AvgIpc) is 3.29. The maximum atomic E-state index is 12.9. The number of carbonyl (C=O) groups excluding carboxylic acids is 2. The van der Waals surface area contributed by atoms with Gasteiger partial charge >= 0.3 is 6.09 Å². The third-order valence-corrected chi connectivity index (χ3v) is 6.05. The highest BCUT2D eigenvalue weighted by Gasteiger charge is 2.59. The normalized spacial score (nSPS) is 29.0. The van der Waals surface area contributed by atoms with Crippen molar-refractivity contribution < 1.29 is 14.3 Å². The largest absolute Gasteiger partial charge is 0.444 e. The maximum absolute atomic E-state index is 12.9. The molecular formula is C22H32N2O3. The van der Waals surface area contributed by atoms with Crippen molar-refractivity contribution in [1.29, 1.82) is 0 Å². The summed E-state index contributed by atoms with van der Waals surface area (Å²) in [6.07, 6.45) is 12.8. The summed E-state index contributed by atoms with van der Waals surface area (Å²) in [7, 11) is 0. The zero-order chi connectivity index (χ0) is 19.9. The van der Waals surface area contributed by atoms with Gasteiger partial charge in [0.05, 0.1) is 11.1 Å². The zero-order valence-corrected chi connectivity index (χ0v) is 17.0. The Hall–Kier alpha value is -2.04. The van der Waals surface area contributed by atoms with Crippen LogP contribution in [-0.2, 0) is 9.53 Å². The first-order valence-electron chi connectivity index (χ1n) is 9.96. The van der Waals surface area contributed by atoms with Crippen molar-refractivity contribution in [2.75, 3.05) is 13.1 Å². The topological polar surface area (TPSA) is 49.9 Å². The number of rotatable bonds is 5. The van der Waals surface area contributed by atoms with E-state index >= 15 is 0 Å². The van der Waals surface area contributed by atoms with Crippen LogP contribution in [-0.4, -0.2) is 51.6 Å². The van der Waals surface area contributed by atoms with Crippen molar-refractivity contribution in [2.45, 2.75) is 70.1 Å². The van der Waals surface area contributed by atoms with Crippen molar-refractivity contribution in [3.8, 4) is 0 Å². The fourth-order valence-electron chi connectivity index (χ4n) is 4.53. The third kappa shape index (κ3) is 3.56. The first kappa shape index (κ1) is 19.7. The Kier molecular flexibility index (Phi) is 5.00. The van der Waals surface area contributed by atoms with E-state index in [1.165, 1.54) is 0 Å². The summed E-state index contributed by atoms with van der Waals surface area (Å²) in [6, 6.07) is 0. The van der Waals surface area contributed by atoms with Gasteiger partial charge in [-0.2, -0.15) is 0 Å². The van der Waals surface area contributed by atoms with Gasteiger partial charge in [-0.25, -0.2) is 4.79 Å². The lowest BCUT2D eigenvalue weighted by Gasteiger charge is -2.40. The molecule has 1 saturated carbocycles. The van der Waals surface area contributed by atoms with Crippen LogP contribution in [0.4, 0.5) is 4.79 Å². The summed E-state index contributed by atoms with van der Waals surface area (Å²) in [5.74, 6) is 0.278. The predicted molar refractivity (Wildman–Crippen MR) is 106 cm³/mol. The standard InChI is InChI=1S/C22H32N2O3/c1-6-21(11-9-8-10-12-21)24-16-17(15-18(24)25)22(13-14-22)23(7-2)19(26)27-20(3,4)5/h6,8-11,17H,1,7,12-16H2,2-5H3/t17-,21+/m1/s1. The van der Waals surface area contributed by atoms with E-state index < -0.39 is 11.1 Å². The van der Waals surface area contributed by atoms with E-state index in [1.807, 2.05) is 55.7 Å². The highest BCUT2D eigenvalue weighted by molar-refractivity contribution is 5.81. The van der Waals surface area contributed by atoms with Gasteiger partial charge in [-0.15, -0.1) is 6.58 Å². The van der Waals surface area contributed by atoms with Crippen LogP contribution in [0.25, 0.3) is 0 Å². The smallest absolute Gasteiger partial charge is 0.410 e. The van der Waals surface area contributed by atoms with Crippen molar-refractivity contribution in [3.63, 3.8) is 0 Å². The maximum Gasteiger partial charge on any atom is 0.410 e. The van der Waals surface area contributed by atoms with E-state index in [0.29, 0.717) is 19.5 Å². The summed E-state index contributed by atoms with van der Waals surface area (Å²) in [5.41, 5.74) is -1.22. The molecule has 0 aromatic carbocycles. The zero-order valence-electron chi connectivity index (χ0n) is 17.0. The quantitative estimate of drug-likeness (QED) is 0.684. The molecule has 1 heterocycles. The molecule has 148 valence electrons. The molecule has 0 radical (unpaired) electrons. The molecule has 0 aromatic heterocycles. The SMILES string of the molecule is C=C[C@]1(N2C[C@H](C3(N(CC)C(=O)OC(C)(C)C)CC3)CC2=O)C=CC=CC1. The molecular weight excluding hydrogens is 340 g/mol.